The number of hydrogen-bond acceptors (Lipinski definition) is 7. The maximum Gasteiger partial charge on any atom is 0.508 e. The third-order valence-corrected chi connectivity index (χ3v) is 9.56. The van der Waals surface area contributed by atoms with Gasteiger partial charge in [0.2, 0.25) is 0 Å². The van der Waals surface area contributed by atoms with Crippen LogP contribution in [-0.4, -0.2) is 67.7 Å². The first-order valence-electron chi connectivity index (χ1n) is 21.5. The summed E-state index contributed by atoms with van der Waals surface area (Å²) in [6, 6.07) is 0. The molecule has 7 nitrogen and oxygen atoms in total. The first-order valence-corrected chi connectivity index (χ1v) is 21.5. The zero-order chi connectivity index (χ0) is 36.6. The molecule has 0 spiro atoms. The number of carbonyl (C=O) groups excluding carboxylic acids is 2. The normalized spacial score (nSPS) is 11.6. The number of aliphatic hydroxyl groups is 1. The van der Waals surface area contributed by atoms with E-state index in [4.69, 9.17) is 14.2 Å². The lowest BCUT2D eigenvalue weighted by molar-refractivity contribution is -0.150. The van der Waals surface area contributed by atoms with E-state index in [0.717, 1.165) is 96.6 Å². The lowest BCUT2D eigenvalue weighted by Gasteiger charge is -2.21. The van der Waals surface area contributed by atoms with Crippen molar-refractivity contribution in [3.05, 3.63) is 12.2 Å². The zero-order valence-corrected chi connectivity index (χ0v) is 33.4. The third-order valence-electron chi connectivity index (χ3n) is 9.56. The number of rotatable bonds is 39. The van der Waals surface area contributed by atoms with Gasteiger partial charge in [-0.15, -0.1) is 0 Å². The monoisotopic (exact) mass is 710 g/mol. The molecular weight excluding hydrogens is 626 g/mol. The topological polar surface area (TPSA) is 85.3 Å². The Morgan fingerprint density at radius 3 is 1.62 bits per heavy atom. The van der Waals surface area contributed by atoms with Gasteiger partial charge in [0.15, 0.2) is 0 Å². The van der Waals surface area contributed by atoms with E-state index in [0.29, 0.717) is 26.2 Å². The van der Waals surface area contributed by atoms with Gasteiger partial charge < -0.3 is 24.2 Å². The largest absolute Gasteiger partial charge is 0.508 e. The number of aliphatic hydroxyl groups excluding tert-OH is 1. The summed E-state index contributed by atoms with van der Waals surface area (Å²) in [5.74, 6) is 0.00374. The molecule has 0 heterocycles. The molecule has 0 aromatic rings. The summed E-state index contributed by atoms with van der Waals surface area (Å²) in [5, 5.41) is 9.52. The van der Waals surface area contributed by atoms with Crippen molar-refractivity contribution in [3.8, 4) is 0 Å². The summed E-state index contributed by atoms with van der Waals surface area (Å²) >= 11 is 0. The minimum Gasteiger partial charge on any atom is -0.462 e. The van der Waals surface area contributed by atoms with Crippen LogP contribution in [0.3, 0.4) is 0 Å². The predicted molar refractivity (Wildman–Crippen MR) is 211 cm³/mol. The summed E-state index contributed by atoms with van der Waals surface area (Å²) < 4.78 is 16.3. The Kier molecular flexibility index (Phi) is 38.9. The number of allylic oxidation sites excluding steroid dienone is 1. The maximum atomic E-state index is 12.7. The van der Waals surface area contributed by atoms with Crippen LogP contribution in [0.2, 0.25) is 0 Å². The number of unbranched alkanes of at least 4 members (excludes halogenated alkanes) is 20. The van der Waals surface area contributed by atoms with Crippen LogP contribution in [0.25, 0.3) is 0 Å². The Morgan fingerprint density at radius 1 is 0.540 bits per heavy atom. The van der Waals surface area contributed by atoms with E-state index in [-0.39, 0.29) is 18.7 Å². The maximum absolute atomic E-state index is 12.7. The SMILES string of the molecule is CCCCC/C=C\CCOC(=O)OCCCCCCN(CCO)CCCCCCCC(=O)OC(CCCCCCCC)CCCCCCCC. The van der Waals surface area contributed by atoms with E-state index < -0.39 is 6.16 Å². The summed E-state index contributed by atoms with van der Waals surface area (Å²) in [6.45, 7) is 10.4. The lowest BCUT2D eigenvalue weighted by Crippen LogP contribution is -2.29. The van der Waals surface area contributed by atoms with Crippen molar-refractivity contribution >= 4 is 12.1 Å². The Labute approximate surface area is 310 Å². The summed E-state index contributed by atoms with van der Waals surface area (Å²) in [5.41, 5.74) is 0. The van der Waals surface area contributed by atoms with Crippen molar-refractivity contribution in [1.82, 2.24) is 4.90 Å². The molecule has 0 saturated carbocycles. The molecule has 1 N–H and O–H groups in total. The molecule has 7 heteroatoms. The van der Waals surface area contributed by atoms with Gasteiger partial charge in [0.25, 0.3) is 0 Å². The van der Waals surface area contributed by atoms with Crippen LogP contribution in [0.1, 0.15) is 207 Å². The minimum absolute atomic E-state index is 0.00374. The van der Waals surface area contributed by atoms with E-state index in [1.54, 1.807) is 0 Å². The van der Waals surface area contributed by atoms with Crippen molar-refractivity contribution in [2.45, 2.75) is 213 Å². The van der Waals surface area contributed by atoms with Crippen LogP contribution in [0.15, 0.2) is 12.2 Å². The molecule has 0 atom stereocenters. The van der Waals surface area contributed by atoms with Gasteiger partial charge >= 0.3 is 12.1 Å². The van der Waals surface area contributed by atoms with Gasteiger partial charge in [0.1, 0.15) is 6.10 Å². The molecule has 0 bridgehead atoms. The van der Waals surface area contributed by atoms with E-state index in [9.17, 15) is 14.7 Å². The van der Waals surface area contributed by atoms with Crippen LogP contribution in [0.4, 0.5) is 4.79 Å². The molecule has 0 aromatic heterocycles. The van der Waals surface area contributed by atoms with E-state index in [1.165, 1.54) is 96.3 Å². The fourth-order valence-electron chi connectivity index (χ4n) is 6.37. The molecule has 0 aliphatic rings. The fraction of sp³-hybridized carbons (Fsp3) is 0.907. The second-order valence-electron chi connectivity index (χ2n) is 14.4. The lowest BCUT2D eigenvalue weighted by atomic mass is 10.0. The van der Waals surface area contributed by atoms with Gasteiger partial charge in [-0.3, -0.25) is 4.79 Å². The molecule has 0 rings (SSSR count). The molecule has 0 radical (unpaired) electrons. The minimum atomic E-state index is -0.565. The van der Waals surface area contributed by atoms with Crippen LogP contribution < -0.4 is 0 Å². The summed E-state index contributed by atoms with van der Waals surface area (Å²) in [4.78, 5) is 26.8. The van der Waals surface area contributed by atoms with Crippen LogP contribution >= 0.6 is 0 Å². The van der Waals surface area contributed by atoms with Crippen molar-refractivity contribution < 1.29 is 28.9 Å². The fourth-order valence-corrected chi connectivity index (χ4v) is 6.37. The van der Waals surface area contributed by atoms with Gasteiger partial charge in [-0.2, -0.15) is 0 Å². The number of esters is 1. The zero-order valence-electron chi connectivity index (χ0n) is 33.4. The standard InChI is InChI=1S/C43H83NO6/c1-4-7-10-13-16-23-30-39-48-43(47)49-40-31-24-22-29-36-44(37-38-45)35-28-21-17-20-27-34-42(46)50-41(32-25-18-14-11-8-5-2)33-26-19-15-12-9-6-3/h16,23,41,45H,4-15,17-22,24-40H2,1-3H3/b23-16-. The molecule has 0 aromatic carbocycles. The quantitative estimate of drug-likeness (QED) is 0.0386. The molecule has 296 valence electrons. The molecule has 0 aliphatic carbocycles. The number of ether oxygens (including phenoxy) is 3. The van der Waals surface area contributed by atoms with E-state index in [2.05, 4.69) is 37.8 Å². The Morgan fingerprint density at radius 2 is 1.02 bits per heavy atom. The highest BCUT2D eigenvalue weighted by Gasteiger charge is 2.14. The smallest absolute Gasteiger partial charge is 0.462 e. The van der Waals surface area contributed by atoms with Crippen LogP contribution in [0.5, 0.6) is 0 Å². The molecule has 0 unspecified atom stereocenters. The van der Waals surface area contributed by atoms with Crippen molar-refractivity contribution in [2.75, 3.05) is 39.5 Å². The second kappa shape index (κ2) is 40.2. The van der Waals surface area contributed by atoms with Gasteiger partial charge in [-0.1, -0.05) is 142 Å². The molecule has 0 amide bonds. The second-order valence-corrected chi connectivity index (χ2v) is 14.4. The van der Waals surface area contributed by atoms with Gasteiger partial charge in [-0.05, 0) is 83.7 Å². The molecule has 0 aliphatic heterocycles. The average molecular weight is 710 g/mol. The molecule has 0 saturated heterocycles. The van der Waals surface area contributed by atoms with Crippen molar-refractivity contribution in [1.29, 1.82) is 0 Å². The highest BCUT2D eigenvalue weighted by atomic mass is 16.7. The number of carbonyl (C=O) groups is 2. The summed E-state index contributed by atoms with van der Waals surface area (Å²) in [6.07, 6.45) is 36.7. The summed E-state index contributed by atoms with van der Waals surface area (Å²) in [7, 11) is 0. The first kappa shape index (κ1) is 48.4. The Balaban J connectivity index is 3.97. The number of hydrogen-bond donors (Lipinski definition) is 1. The first-order chi connectivity index (χ1) is 24.6. The predicted octanol–water partition coefficient (Wildman–Crippen LogP) is 12.3. The molecule has 50 heavy (non-hydrogen) atoms. The molecule has 0 fully saturated rings. The van der Waals surface area contributed by atoms with Crippen molar-refractivity contribution in [2.24, 2.45) is 0 Å². The van der Waals surface area contributed by atoms with Crippen LogP contribution in [-0.2, 0) is 19.0 Å². The highest BCUT2D eigenvalue weighted by molar-refractivity contribution is 5.69. The number of nitrogens with zero attached hydrogens (tertiary/aromatic N) is 1. The Hall–Kier alpha value is -1.60. The van der Waals surface area contributed by atoms with Crippen LogP contribution in [0, 0.1) is 0 Å². The van der Waals surface area contributed by atoms with Gasteiger partial charge in [0.05, 0.1) is 19.8 Å². The van der Waals surface area contributed by atoms with Gasteiger partial charge in [-0.25, -0.2) is 4.79 Å². The molecular formula is C43H83NO6. The van der Waals surface area contributed by atoms with E-state index >= 15 is 0 Å². The van der Waals surface area contributed by atoms with Crippen molar-refractivity contribution in [3.63, 3.8) is 0 Å². The van der Waals surface area contributed by atoms with E-state index in [1.807, 2.05) is 0 Å². The average Bonchev–Trinajstić information content (AvgIpc) is 3.11. The highest BCUT2D eigenvalue weighted by Crippen LogP contribution is 2.18. The van der Waals surface area contributed by atoms with Gasteiger partial charge in [0, 0.05) is 13.0 Å². The third kappa shape index (κ3) is 36.2. The Bertz CT molecular complexity index is 729.